The third kappa shape index (κ3) is 3.88. The van der Waals surface area contributed by atoms with E-state index >= 15 is 0 Å². The molecule has 2 fully saturated rings. The van der Waals surface area contributed by atoms with Crippen molar-refractivity contribution in [3.63, 3.8) is 0 Å². The summed E-state index contributed by atoms with van der Waals surface area (Å²) in [4.78, 5) is 31.0. The molecule has 0 N–H and O–H groups in total. The van der Waals surface area contributed by atoms with E-state index in [-0.39, 0.29) is 23.7 Å². The molecule has 6 heteroatoms. The molecule has 0 aromatic heterocycles. The second-order valence-corrected chi connectivity index (χ2v) is 10.2. The highest BCUT2D eigenvalue weighted by molar-refractivity contribution is 5.87. The minimum Gasteiger partial charge on any atom is -0.497 e. The Hall–Kier alpha value is -4.06. The van der Waals surface area contributed by atoms with Crippen molar-refractivity contribution < 1.29 is 19.1 Å². The molecule has 0 saturated carbocycles. The van der Waals surface area contributed by atoms with E-state index < -0.39 is 11.8 Å². The van der Waals surface area contributed by atoms with Gasteiger partial charge in [0.2, 0.25) is 11.6 Å². The number of likely N-dealkylation sites (tertiary alicyclic amines) is 1. The fraction of sp³-hybridized carbons (Fsp3) is 0.290. The van der Waals surface area contributed by atoms with Crippen molar-refractivity contribution >= 4 is 12.0 Å². The quantitative estimate of drug-likeness (QED) is 0.441. The van der Waals surface area contributed by atoms with Crippen LogP contribution in [0.1, 0.15) is 36.0 Å². The van der Waals surface area contributed by atoms with Crippen LogP contribution < -0.4 is 4.74 Å². The minimum atomic E-state index is -1.12. The van der Waals surface area contributed by atoms with Crippen LogP contribution in [0.25, 0.3) is 0 Å². The number of amides is 2. The molecule has 4 atom stereocenters. The van der Waals surface area contributed by atoms with Gasteiger partial charge in [0.1, 0.15) is 5.75 Å². The molecular formula is C31H30N2O4. The first-order valence-corrected chi connectivity index (χ1v) is 12.8. The summed E-state index contributed by atoms with van der Waals surface area (Å²) in [7, 11) is 1.63. The second kappa shape index (κ2) is 9.11. The molecule has 37 heavy (non-hydrogen) atoms. The number of benzene rings is 3. The molecule has 2 heterocycles. The molecule has 1 aliphatic carbocycles. The van der Waals surface area contributed by atoms with Gasteiger partial charge in [0.15, 0.2) is 0 Å². The van der Waals surface area contributed by atoms with Gasteiger partial charge in [0, 0.05) is 24.8 Å². The average Bonchev–Trinajstić information content (AvgIpc) is 3.29. The average molecular weight is 495 g/mol. The van der Waals surface area contributed by atoms with Crippen LogP contribution in [0.4, 0.5) is 4.79 Å². The lowest BCUT2D eigenvalue weighted by atomic mass is 9.79. The molecule has 2 aliphatic heterocycles. The van der Waals surface area contributed by atoms with Crippen molar-refractivity contribution in [2.45, 2.75) is 38.1 Å². The summed E-state index contributed by atoms with van der Waals surface area (Å²) in [5, 5.41) is 0. The Balaban J connectivity index is 1.46. The fourth-order valence-corrected chi connectivity index (χ4v) is 6.09. The number of methoxy groups -OCH3 is 1. The third-order valence-corrected chi connectivity index (χ3v) is 8.09. The monoisotopic (exact) mass is 494 g/mol. The van der Waals surface area contributed by atoms with Gasteiger partial charge in [-0.15, -0.1) is 0 Å². The van der Waals surface area contributed by atoms with Crippen LogP contribution in [0, 0.1) is 11.8 Å². The van der Waals surface area contributed by atoms with Crippen LogP contribution >= 0.6 is 0 Å². The molecule has 2 amide bonds. The molecule has 2 saturated heterocycles. The fourth-order valence-electron chi connectivity index (χ4n) is 6.09. The number of nitrogens with zero attached hydrogens (tertiary/aromatic N) is 2. The lowest BCUT2D eigenvalue weighted by Gasteiger charge is -2.35. The SMILES string of the molecule is COc1ccc(CN2C(=O)[C@H]3C[C@@]24OC(=O)N(Cc2ccccc2)C4=C[C@H](c2ccccc2)[C@H]3C)cc1. The zero-order valence-corrected chi connectivity index (χ0v) is 21.0. The van der Waals surface area contributed by atoms with Gasteiger partial charge in [-0.3, -0.25) is 14.6 Å². The predicted octanol–water partition coefficient (Wildman–Crippen LogP) is 5.71. The van der Waals surface area contributed by atoms with Crippen LogP contribution in [-0.2, 0) is 22.6 Å². The van der Waals surface area contributed by atoms with E-state index in [1.54, 1.807) is 16.9 Å². The van der Waals surface area contributed by atoms with Crippen molar-refractivity contribution in [1.82, 2.24) is 9.80 Å². The summed E-state index contributed by atoms with van der Waals surface area (Å²) >= 11 is 0. The highest BCUT2D eigenvalue weighted by Gasteiger charge is 2.64. The Bertz CT molecular complexity index is 1340. The summed E-state index contributed by atoms with van der Waals surface area (Å²) in [6.45, 7) is 2.89. The van der Waals surface area contributed by atoms with Crippen LogP contribution in [-0.4, -0.2) is 34.6 Å². The van der Waals surface area contributed by atoms with Crippen molar-refractivity contribution in [2.24, 2.45) is 11.8 Å². The summed E-state index contributed by atoms with van der Waals surface area (Å²) < 4.78 is 11.5. The number of carbonyl (C=O) groups excluding carboxylic acids is 2. The lowest BCUT2D eigenvalue weighted by molar-refractivity contribution is -0.142. The smallest absolute Gasteiger partial charge is 0.416 e. The van der Waals surface area contributed by atoms with E-state index in [4.69, 9.17) is 9.47 Å². The van der Waals surface area contributed by atoms with E-state index in [9.17, 15) is 9.59 Å². The molecular weight excluding hydrogens is 464 g/mol. The first kappa shape index (κ1) is 23.3. The van der Waals surface area contributed by atoms with Gasteiger partial charge in [0.25, 0.3) is 0 Å². The number of fused-ring (bicyclic) bond motifs is 1. The predicted molar refractivity (Wildman–Crippen MR) is 139 cm³/mol. The zero-order valence-electron chi connectivity index (χ0n) is 21.0. The molecule has 188 valence electrons. The number of ether oxygens (including phenoxy) is 2. The maximum Gasteiger partial charge on any atom is 0.416 e. The first-order valence-electron chi connectivity index (χ1n) is 12.8. The summed E-state index contributed by atoms with van der Waals surface area (Å²) in [6.07, 6.45) is 2.22. The highest BCUT2D eigenvalue weighted by atomic mass is 16.6. The molecule has 3 aromatic rings. The van der Waals surface area contributed by atoms with Crippen LogP contribution in [0.3, 0.4) is 0 Å². The van der Waals surface area contributed by atoms with Crippen molar-refractivity contribution in [1.29, 1.82) is 0 Å². The van der Waals surface area contributed by atoms with Crippen LogP contribution in [0.5, 0.6) is 5.75 Å². The molecule has 1 spiro atoms. The normalized spacial score (nSPS) is 26.4. The lowest BCUT2D eigenvalue weighted by Crippen LogP contribution is -2.47. The van der Waals surface area contributed by atoms with Crippen molar-refractivity contribution in [2.75, 3.05) is 7.11 Å². The summed E-state index contributed by atoms with van der Waals surface area (Å²) in [5.74, 6) is 0.559. The standard InChI is InChI=1S/C31H30N2O4/c1-21-26(24-11-7-4-8-12-24)17-28-31(37-30(35)32(28)19-22-9-5-3-6-10-22)18-27(21)29(34)33(31)20-23-13-15-25(36-2)16-14-23/h3-17,21,26-27H,18-20H2,1-2H3/t21-,26+,27+,31+/m1/s1. The maximum absolute atomic E-state index is 14.0. The number of rotatable bonds is 6. The van der Waals surface area contributed by atoms with Gasteiger partial charge in [-0.25, -0.2) is 4.79 Å². The Labute approximate surface area is 217 Å². The van der Waals surface area contributed by atoms with Gasteiger partial charge in [0.05, 0.1) is 19.4 Å². The van der Waals surface area contributed by atoms with Crippen LogP contribution in [0.15, 0.2) is 96.7 Å². The van der Waals surface area contributed by atoms with E-state index in [1.807, 2.05) is 72.8 Å². The van der Waals surface area contributed by atoms with E-state index in [0.29, 0.717) is 19.5 Å². The van der Waals surface area contributed by atoms with Gasteiger partial charge in [-0.1, -0.05) is 85.8 Å². The van der Waals surface area contributed by atoms with Gasteiger partial charge in [-0.05, 0) is 34.7 Å². The molecule has 3 aliphatic rings. The Morgan fingerprint density at radius 2 is 1.54 bits per heavy atom. The Morgan fingerprint density at radius 1 is 0.892 bits per heavy atom. The van der Waals surface area contributed by atoms with Crippen molar-refractivity contribution in [3.8, 4) is 5.75 Å². The number of carbonyl (C=O) groups is 2. The van der Waals surface area contributed by atoms with Crippen LogP contribution in [0.2, 0.25) is 0 Å². The third-order valence-electron chi connectivity index (χ3n) is 8.09. The topological polar surface area (TPSA) is 59.1 Å². The maximum atomic E-state index is 14.0. The number of hydrogen-bond donors (Lipinski definition) is 0. The van der Waals surface area contributed by atoms with Gasteiger partial charge in [-0.2, -0.15) is 0 Å². The molecule has 0 radical (unpaired) electrons. The van der Waals surface area contributed by atoms with Gasteiger partial charge < -0.3 is 9.47 Å². The zero-order chi connectivity index (χ0) is 25.6. The largest absolute Gasteiger partial charge is 0.497 e. The van der Waals surface area contributed by atoms with Gasteiger partial charge >= 0.3 is 6.09 Å². The summed E-state index contributed by atoms with van der Waals surface area (Å²) in [5.41, 5.74) is 2.75. The molecule has 3 aromatic carbocycles. The summed E-state index contributed by atoms with van der Waals surface area (Å²) in [6, 6.07) is 27.8. The first-order chi connectivity index (χ1) is 18.0. The Morgan fingerprint density at radius 3 is 2.22 bits per heavy atom. The second-order valence-electron chi connectivity index (χ2n) is 10.2. The molecule has 2 bridgehead atoms. The van der Waals surface area contributed by atoms with E-state index in [1.165, 1.54) is 0 Å². The molecule has 6 rings (SSSR count). The van der Waals surface area contributed by atoms with Crippen molar-refractivity contribution in [3.05, 3.63) is 113 Å². The Kier molecular flexibility index (Phi) is 5.75. The molecule has 0 unspecified atom stereocenters. The number of allylic oxidation sites excluding steroid dienone is 1. The highest BCUT2D eigenvalue weighted by Crippen LogP contribution is 2.55. The van der Waals surface area contributed by atoms with E-state index in [0.717, 1.165) is 28.1 Å². The van der Waals surface area contributed by atoms with E-state index in [2.05, 4.69) is 25.1 Å². The minimum absolute atomic E-state index is 0.0112. The number of hydrogen-bond acceptors (Lipinski definition) is 4. The molecule has 6 nitrogen and oxygen atoms in total.